The Morgan fingerprint density at radius 1 is 1.20 bits per heavy atom. The van der Waals surface area contributed by atoms with Crippen molar-refractivity contribution in [3.63, 3.8) is 0 Å². The van der Waals surface area contributed by atoms with Gasteiger partial charge in [-0.15, -0.1) is 0 Å². The van der Waals surface area contributed by atoms with E-state index in [9.17, 15) is 14.4 Å². The van der Waals surface area contributed by atoms with Gasteiger partial charge in [-0.2, -0.15) is 0 Å². The largest absolute Gasteiger partial charge is 0.466 e. The maximum atomic E-state index is 12.8. The number of amides is 2. The fourth-order valence-corrected chi connectivity index (χ4v) is 2.84. The van der Waals surface area contributed by atoms with E-state index >= 15 is 0 Å². The zero-order chi connectivity index (χ0) is 18.6. The second kappa shape index (κ2) is 7.83. The fraction of sp³-hybridized carbons (Fsp3) is 0.389. The van der Waals surface area contributed by atoms with Gasteiger partial charge in [0.1, 0.15) is 6.54 Å². The van der Waals surface area contributed by atoms with Gasteiger partial charge < -0.3 is 19.3 Å². The van der Waals surface area contributed by atoms with Gasteiger partial charge in [-0.25, -0.2) is 9.59 Å². The maximum Gasteiger partial charge on any atom is 0.337 e. The molecule has 1 aliphatic heterocycles. The molecule has 0 aliphatic carbocycles. The number of benzene rings is 1. The van der Waals surface area contributed by atoms with Crippen molar-refractivity contribution in [2.24, 2.45) is 0 Å². The second-order valence-electron chi connectivity index (χ2n) is 5.58. The van der Waals surface area contributed by atoms with Crippen LogP contribution in [0.2, 0.25) is 0 Å². The SMILES string of the molecule is CCOC(=O)CN1C(=O)N(C)C(C)=C(C(=O)OC)C1c1ccccc1. The minimum atomic E-state index is -0.721. The molecule has 0 radical (unpaired) electrons. The van der Waals surface area contributed by atoms with E-state index in [4.69, 9.17) is 9.47 Å². The maximum absolute atomic E-state index is 12.8. The number of carbonyl (C=O) groups excluding carboxylic acids is 3. The van der Waals surface area contributed by atoms with E-state index in [0.29, 0.717) is 16.8 Å². The lowest BCUT2D eigenvalue weighted by atomic mass is 9.93. The molecule has 0 bridgehead atoms. The number of rotatable bonds is 5. The molecule has 2 amide bonds. The topological polar surface area (TPSA) is 76.2 Å². The molecule has 0 aromatic heterocycles. The summed E-state index contributed by atoms with van der Waals surface area (Å²) in [6.07, 6.45) is 0. The quantitative estimate of drug-likeness (QED) is 0.763. The number of hydrogen-bond donors (Lipinski definition) is 0. The van der Waals surface area contributed by atoms with Crippen LogP contribution in [-0.2, 0) is 19.1 Å². The summed E-state index contributed by atoms with van der Waals surface area (Å²) in [6.45, 7) is 3.33. The van der Waals surface area contributed by atoms with E-state index in [1.807, 2.05) is 18.2 Å². The Labute approximate surface area is 146 Å². The first-order valence-electron chi connectivity index (χ1n) is 7.96. The van der Waals surface area contributed by atoms with Crippen LogP contribution in [0.1, 0.15) is 25.5 Å². The number of hydrogen-bond acceptors (Lipinski definition) is 5. The summed E-state index contributed by atoms with van der Waals surface area (Å²) in [4.78, 5) is 39.8. The smallest absolute Gasteiger partial charge is 0.337 e. The molecular formula is C18H22N2O5. The van der Waals surface area contributed by atoms with Gasteiger partial charge in [0.25, 0.3) is 0 Å². The highest BCUT2D eigenvalue weighted by Crippen LogP contribution is 2.36. The second-order valence-corrected chi connectivity index (χ2v) is 5.58. The van der Waals surface area contributed by atoms with Crippen molar-refractivity contribution in [3.05, 3.63) is 47.2 Å². The van der Waals surface area contributed by atoms with Crippen LogP contribution >= 0.6 is 0 Å². The van der Waals surface area contributed by atoms with Gasteiger partial charge in [0.15, 0.2) is 0 Å². The molecule has 0 saturated carbocycles. The molecule has 0 fully saturated rings. The van der Waals surface area contributed by atoms with Crippen molar-refractivity contribution >= 4 is 18.0 Å². The summed E-state index contributed by atoms with van der Waals surface area (Å²) in [5.41, 5.74) is 1.53. The van der Waals surface area contributed by atoms with Crippen LogP contribution in [0.4, 0.5) is 4.79 Å². The van der Waals surface area contributed by atoms with Gasteiger partial charge in [0, 0.05) is 12.7 Å². The Bertz CT molecular complexity index is 699. The van der Waals surface area contributed by atoms with Crippen LogP contribution in [0, 0.1) is 0 Å². The number of nitrogens with zero attached hydrogens (tertiary/aromatic N) is 2. The minimum absolute atomic E-state index is 0.214. The third kappa shape index (κ3) is 3.65. The lowest BCUT2D eigenvalue weighted by Gasteiger charge is -2.40. The van der Waals surface area contributed by atoms with Crippen molar-refractivity contribution in [2.75, 3.05) is 27.3 Å². The van der Waals surface area contributed by atoms with Crippen molar-refractivity contribution in [1.82, 2.24) is 9.80 Å². The Morgan fingerprint density at radius 2 is 1.84 bits per heavy atom. The van der Waals surface area contributed by atoms with Gasteiger partial charge in [0.05, 0.1) is 25.3 Å². The van der Waals surface area contributed by atoms with Gasteiger partial charge in [-0.3, -0.25) is 4.79 Å². The van der Waals surface area contributed by atoms with Crippen LogP contribution < -0.4 is 0 Å². The van der Waals surface area contributed by atoms with E-state index < -0.39 is 18.0 Å². The predicted octanol–water partition coefficient (Wildman–Crippen LogP) is 2.11. The highest BCUT2D eigenvalue weighted by Gasteiger charge is 2.41. The molecule has 1 atom stereocenters. The van der Waals surface area contributed by atoms with Crippen LogP contribution in [-0.4, -0.2) is 55.1 Å². The molecule has 7 nitrogen and oxygen atoms in total. The summed E-state index contributed by atoms with van der Waals surface area (Å²) in [6, 6.07) is 7.96. The summed E-state index contributed by atoms with van der Waals surface area (Å²) in [5, 5.41) is 0. The van der Waals surface area contributed by atoms with Crippen molar-refractivity contribution in [3.8, 4) is 0 Å². The Morgan fingerprint density at radius 3 is 2.40 bits per heavy atom. The van der Waals surface area contributed by atoms with Crippen molar-refractivity contribution in [2.45, 2.75) is 19.9 Å². The van der Waals surface area contributed by atoms with Crippen LogP contribution in [0.25, 0.3) is 0 Å². The predicted molar refractivity (Wildman–Crippen MR) is 90.4 cm³/mol. The number of esters is 2. The summed E-state index contributed by atoms with van der Waals surface area (Å²) in [7, 11) is 2.84. The van der Waals surface area contributed by atoms with Crippen LogP contribution in [0.3, 0.4) is 0 Å². The third-order valence-corrected chi connectivity index (χ3v) is 4.14. The average Bonchev–Trinajstić information content (AvgIpc) is 2.62. The molecule has 1 unspecified atom stereocenters. The molecule has 134 valence electrons. The van der Waals surface area contributed by atoms with Gasteiger partial charge in [0.2, 0.25) is 0 Å². The van der Waals surface area contributed by atoms with Crippen LogP contribution in [0.5, 0.6) is 0 Å². The van der Waals surface area contributed by atoms with E-state index in [1.54, 1.807) is 33.0 Å². The molecule has 1 aromatic carbocycles. The summed E-state index contributed by atoms with van der Waals surface area (Å²) in [5.74, 6) is -1.08. The Balaban J connectivity index is 2.57. The third-order valence-electron chi connectivity index (χ3n) is 4.14. The van der Waals surface area contributed by atoms with Crippen molar-refractivity contribution < 1.29 is 23.9 Å². The van der Waals surface area contributed by atoms with E-state index in [-0.39, 0.29) is 19.2 Å². The first-order valence-corrected chi connectivity index (χ1v) is 7.96. The van der Waals surface area contributed by atoms with Crippen LogP contribution in [0.15, 0.2) is 41.6 Å². The molecule has 0 N–H and O–H groups in total. The Hall–Kier alpha value is -2.83. The molecule has 7 heteroatoms. The molecule has 0 spiro atoms. The first kappa shape index (κ1) is 18.5. The first-order chi connectivity index (χ1) is 11.9. The monoisotopic (exact) mass is 346 g/mol. The fourth-order valence-electron chi connectivity index (χ4n) is 2.84. The molecule has 1 aromatic rings. The van der Waals surface area contributed by atoms with Gasteiger partial charge in [-0.1, -0.05) is 30.3 Å². The highest BCUT2D eigenvalue weighted by molar-refractivity contribution is 5.95. The van der Waals surface area contributed by atoms with Crippen molar-refractivity contribution in [1.29, 1.82) is 0 Å². The highest BCUT2D eigenvalue weighted by atomic mass is 16.5. The number of ether oxygens (including phenoxy) is 2. The number of allylic oxidation sites excluding steroid dienone is 1. The Kier molecular flexibility index (Phi) is 5.80. The minimum Gasteiger partial charge on any atom is -0.466 e. The van der Waals surface area contributed by atoms with E-state index in [2.05, 4.69) is 0 Å². The van der Waals surface area contributed by atoms with E-state index in [1.165, 1.54) is 16.9 Å². The van der Waals surface area contributed by atoms with Gasteiger partial charge in [-0.05, 0) is 19.4 Å². The molecule has 1 heterocycles. The van der Waals surface area contributed by atoms with Gasteiger partial charge >= 0.3 is 18.0 Å². The normalized spacial score (nSPS) is 17.6. The summed E-state index contributed by atoms with van der Waals surface area (Å²) >= 11 is 0. The molecule has 0 saturated heterocycles. The molecule has 25 heavy (non-hydrogen) atoms. The average molecular weight is 346 g/mol. The number of urea groups is 1. The molecule has 2 rings (SSSR count). The standard InChI is InChI=1S/C18H22N2O5/c1-5-25-14(21)11-20-16(13-9-7-6-8-10-13)15(17(22)24-4)12(2)19(3)18(20)23/h6-10,16H,5,11H2,1-4H3. The number of carbonyl (C=O) groups is 3. The zero-order valence-electron chi connectivity index (χ0n) is 14.8. The summed E-state index contributed by atoms with van der Waals surface area (Å²) < 4.78 is 9.90. The van der Waals surface area contributed by atoms with E-state index in [0.717, 1.165) is 0 Å². The lowest BCUT2D eigenvalue weighted by molar-refractivity contribution is -0.145. The molecular weight excluding hydrogens is 324 g/mol. The number of methoxy groups -OCH3 is 1. The molecule has 1 aliphatic rings. The lowest BCUT2D eigenvalue weighted by Crippen LogP contribution is -2.51. The zero-order valence-corrected chi connectivity index (χ0v) is 14.8.